The summed E-state index contributed by atoms with van der Waals surface area (Å²) in [6.07, 6.45) is 0.697. The van der Waals surface area contributed by atoms with Crippen molar-refractivity contribution >= 4 is 17.7 Å². The fourth-order valence-corrected chi connectivity index (χ4v) is 2.09. The van der Waals surface area contributed by atoms with Crippen LogP contribution in [0.25, 0.3) is 0 Å². The molecule has 1 aromatic carbocycles. The van der Waals surface area contributed by atoms with Gasteiger partial charge >= 0.3 is 5.97 Å². The molecule has 0 bridgehead atoms. The van der Waals surface area contributed by atoms with E-state index in [1.54, 1.807) is 32.0 Å². The number of benzene rings is 1. The molecule has 7 nitrogen and oxygen atoms in total. The van der Waals surface area contributed by atoms with Gasteiger partial charge in [0.05, 0.1) is 19.6 Å². The predicted octanol–water partition coefficient (Wildman–Crippen LogP) is 2.28. The highest BCUT2D eigenvalue weighted by Crippen LogP contribution is 2.28. The number of aliphatic carboxylic acids is 1. The van der Waals surface area contributed by atoms with Gasteiger partial charge in [0.1, 0.15) is 0 Å². The zero-order chi connectivity index (χ0) is 19.0. The van der Waals surface area contributed by atoms with Crippen LogP contribution in [-0.4, -0.2) is 42.5 Å². The van der Waals surface area contributed by atoms with Gasteiger partial charge in [0.15, 0.2) is 17.3 Å². The van der Waals surface area contributed by atoms with Crippen molar-refractivity contribution in [3.05, 3.63) is 23.8 Å². The molecule has 1 amide bonds. The van der Waals surface area contributed by atoms with E-state index in [-0.39, 0.29) is 18.1 Å². The summed E-state index contributed by atoms with van der Waals surface area (Å²) >= 11 is 0. The normalized spacial score (nSPS) is 12.8. The maximum atomic E-state index is 11.8. The Morgan fingerprint density at radius 3 is 2.44 bits per heavy atom. The molecule has 0 aliphatic carbocycles. The Bertz CT molecular complexity index is 628. The van der Waals surface area contributed by atoms with Crippen LogP contribution in [0, 0.1) is 5.92 Å². The molecule has 138 valence electrons. The lowest BCUT2D eigenvalue weighted by Gasteiger charge is -2.17. The van der Waals surface area contributed by atoms with Crippen molar-refractivity contribution in [3.8, 4) is 11.5 Å². The van der Waals surface area contributed by atoms with Gasteiger partial charge < -0.3 is 19.9 Å². The third-order valence-electron chi connectivity index (χ3n) is 3.90. The molecule has 2 unspecified atom stereocenters. The number of amides is 1. The second-order valence-corrected chi connectivity index (χ2v) is 5.86. The van der Waals surface area contributed by atoms with Gasteiger partial charge in [-0.3, -0.25) is 14.4 Å². The van der Waals surface area contributed by atoms with Gasteiger partial charge in [-0.1, -0.05) is 0 Å². The predicted molar refractivity (Wildman–Crippen MR) is 92.1 cm³/mol. The molecule has 0 radical (unpaired) electrons. The van der Waals surface area contributed by atoms with Crippen molar-refractivity contribution in [1.29, 1.82) is 0 Å². The zero-order valence-electron chi connectivity index (χ0n) is 15.0. The molecule has 0 aliphatic heterocycles. The number of carboxylic acids is 1. The van der Waals surface area contributed by atoms with Gasteiger partial charge in [-0.2, -0.15) is 0 Å². The van der Waals surface area contributed by atoms with Crippen LogP contribution in [-0.2, 0) is 9.59 Å². The molecule has 7 heteroatoms. The second kappa shape index (κ2) is 9.66. The standard InChI is InChI=1S/C18H25NO6/c1-11(18(22)23)12(2)19-17(21)6-5-9-25-15-8-7-14(13(3)20)10-16(15)24-4/h7-8,10-12H,5-6,9H2,1-4H3,(H,19,21)(H,22,23). The van der Waals surface area contributed by atoms with Gasteiger partial charge in [0.2, 0.25) is 5.91 Å². The smallest absolute Gasteiger partial charge is 0.308 e. The van der Waals surface area contributed by atoms with Crippen molar-refractivity contribution in [2.24, 2.45) is 5.92 Å². The van der Waals surface area contributed by atoms with Crippen LogP contribution in [0.1, 0.15) is 44.0 Å². The highest BCUT2D eigenvalue weighted by Gasteiger charge is 2.20. The highest BCUT2D eigenvalue weighted by molar-refractivity contribution is 5.94. The number of carbonyl (C=O) groups excluding carboxylic acids is 2. The van der Waals surface area contributed by atoms with E-state index in [0.29, 0.717) is 30.1 Å². The van der Waals surface area contributed by atoms with Gasteiger partial charge in [0, 0.05) is 18.0 Å². The SMILES string of the molecule is COc1cc(C(C)=O)ccc1OCCCC(=O)NC(C)C(C)C(=O)O. The fourth-order valence-electron chi connectivity index (χ4n) is 2.09. The Hall–Kier alpha value is -2.57. The molecule has 0 heterocycles. The summed E-state index contributed by atoms with van der Waals surface area (Å²) in [7, 11) is 1.49. The molecule has 0 saturated carbocycles. The lowest BCUT2D eigenvalue weighted by atomic mass is 10.0. The first-order valence-electron chi connectivity index (χ1n) is 8.10. The van der Waals surface area contributed by atoms with Crippen molar-refractivity contribution in [1.82, 2.24) is 5.32 Å². The number of rotatable bonds is 10. The zero-order valence-corrected chi connectivity index (χ0v) is 15.0. The molecule has 2 atom stereocenters. The lowest BCUT2D eigenvalue weighted by molar-refractivity contribution is -0.142. The summed E-state index contributed by atoms with van der Waals surface area (Å²) in [6.45, 7) is 4.98. The summed E-state index contributed by atoms with van der Waals surface area (Å²) in [5, 5.41) is 11.6. The van der Waals surface area contributed by atoms with Crippen LogP contribution in [0.15, 0.2) is 18.2 Å². The van der Waals surface area contributed by atoms with Crippen LogP contribution < -0.4 is 14.8 Å². The largest absolute Gasteiger partial charge is 0.493 e. The van der Waals surface area contributed by atoms with Crippen molar-refractivity contribution in [3.63, 3.8) is 0 Å². The second-order valence-electron chi connectivity index (χ2n) is 5.86. The van der Waals surface area contributed by atoms with E-state index in [1.165, 1.54) is 14.0 Å². The Kier molecular flexibility index (Phi) is 7.91. The molecule has 25 heavy (non-hydrogen) atoms. The van der Waals surface area contributed by atoms with Gasteiger partial charge in [0.25, 0.3) is 0 Å². The lowest BCUT2D eigenvalue weighted by Crippen LogP contribution is -2.40. The number of methoxy groups -OCH3 is 1. The van der Waals surface area contributed by atoms with Crippen LogP contribution >= 0.6 is 0 Å². The minimum Gasteiger partial charge on any atom is -0.493 e. The number of Topliss-reactive ketones (excluding diaryl/α,β-unsaturated/α-hetero) is 1. The molecule has 2 N–H and O–H groups in total. The summed E-state index contributed by atoms with van der Waals surface area (Å²) in [6, 6.07) is 4.48. The van der Waals surface area contributed by atoms with E-state index in [0.717, 1.165) is 0 Å². The Morgan fingerprint density at radius 2 is 1.88 bits per heavy atom. The fraction of sp³-hybridized carbons (Fsp3) is 0.500. The molecule has 1 rings (SSSR count). The quantitative estimate of drug-likeness (QED) is 0.495. The van der Waals surface area contributed by atoms with E-state index in [2.05, 4.69) is 5.32 Å². The Labute approximate surface area is 147 Å². The molecule has 0 spiro atoms. The molecular formula is C18H25NO6. The average Bonchev–Trinajstić information content (AvgIpc) is 2.57. The van der Waals surface area contributed by atoms with Crippen molar-refractivity contribution < 1.29 is 29.0 Å². The van der Waals surface area contributed by atoms with E-state index in [1.807, 2.05) is 0 Å². The monoisotopic (exact) mass is 351 g/mol. The minimum atomic E-state index is -0.947. The van der Waals surface area contributed by atoms with Gasteiger partial charge in [-0.15, -0.1) is 0 Å². The van der Waals surface area contributed by atoms with Gasteiger partial charge in [-0.25, -0.2) is 0 Å². The number of ether oxygens (including phenoxy) is 2. The van der Waals surface area contributed by atoms with Gasteiger partial charge in [-0.05, 0) is 45.4 Å². The molecule has 0 saturated heterocycles. The average molecular weight is 351 g/mol. The third-order valence-corrected chi connectivity index (χ3v) is 3.90. The molecule has 0 aliphatic rings. The molecular weight excluding hydrogens is 326 g/mol. The van der Waals surface area contributed by atoms with E-state index in [9.17, 15) is 14.4 Å². The third kappa shape index (κ3) is 6.45. The number of carbonyl (C=O) groups is 3. The summed E-state index contributed by atoms with van der Waals surface area (Å²) in [4.78, 5) is 34.0. The molecule has 0 aromatic heterocycles. The van der Waals surface area contributed by atoms with Crippen LogP contribution in [0.2, 0.25) is 0 Å². The van der Waals surface area contributed by atoms with E-state index in [4.69, 9.17) is 14.6 Å². The first-order chi connectivity index (χ1) is 11.8. The summed E-state index contributed by atoms with van der Waals surface area (Å²) in [5.74, 6) is -0.919. The minimum absolute atomic E-state index is 0.0637. The summed E-state index contributed by atoms with van der Waals surface area (Å²) < 4.78 is 10.8. The Balaban J connectivity index is 2.44. The van der Waals surface area contributed by atoms with Crippen LogP contribution in [0.4, 0.5) is 0 Å². The maximum Gasteiger partial charge on any atom is 0.308 e. The Morgan fingerprint density at radius 1 is 1.20 bits per heavy atom. The topological polar surface area (TPSA) is 102 Å². The number of ketones is 1. The van der Waals surface area contributed by atoms with E-state index < -0.39 is 17.9 Å². The molecule has 0 fully saturated rings. The van der Waals surface area contributed by atoms with E-state index >= 15 is 0 Å². The number of carboxylic acid groups (broad SMARTS) is 1. The number of nitrogens with one attached hydrogen (secondary N) is 1. The number of hydrogen-bond acceptors (Lipinski definition) is 5. The first kappa shape index (κ1) is 20.5. The maximum absolute atomic E-state index is 11.8. The molecule has 1 aromatic rings. The first-order valence-corrected chi connectivity index (χ1v) is 8.10. The van der Waals surface area contributed by atoms with Crippen LogP contribution in [0.5, 0.6) is 11.5 Å². The highest BCUT2D eigenvalue weighted by atomic mass is 16.5. The summed E-state index contributed by atoms with van der Waals surface area (Å²) in [5.41, 5.74) is 0.533. The van der Waals surface area contributed by atoms with Crippen molar-refractivity contribution in [2.45, 2.75) is 39.7 Å². The number of hydrogen-bond donors (Lipinski definition) is 2. The van der Waals surface area contributed by atoms with Crippen molar-refractivity contribution in [2.75, 3.05) is 13.7 Å². The van der Waals surface area contributed by atoms with Crippen LogP contribution in [0.3, 0.4) is 0 Å².